The molecule has 0 atom stereocenters. The molecule has 23 heavy (non-hydrogen) atoms. The lowest BCUT2D eigenvalue weighted by Gasteiger charge is -2.27. The zero-order chi connectivity index (χ0) is 17.8. The van der Waals surface area contributed by atoms with Crippen LogP contribution in [-0.4, -0.2) is 70.0 Å². The number of nitrogens with zero attached hydrogens (tertiary/aromatic N) is 2. The summed E-state index contributed by atoms with van der Waals surface area (Å²) < 4.78 is 24.8. The van der Waals surface area contributed by atoms with Crippen LogP contribution in [0.15, 0.2) is 0 Å². The second-order valence-corrected chi connectivity index (χ2v) is 8.60. The van der Waals surface area contributed by atoms with Crippen LogP contribution in [0, 0.1) is 11.3 Å². The largest absolute Gasteiger partial charge is 0.345 e. The molecule has 2 amide bonds. The monoisotopic (exact) mass is 347 g/mol. The summed E-state index contributed by atoms with van der Waals surface area (Å²) in [7, 11) is 1.10. The van der Waals surface area contributed by atoms with Crippen LogP contribution in [0.25, 0.3) is 0 Å². The number of amides is 2. The molecule has 1 aliphatic carbocycles. The molecule has 134 valence electrons. The van der Waals surface area contributed by atoms with Crippen LogP contribution in [-0.2, 0) is 19.6 Å². The molecular weight excluding hydrogens is 318 g/mol. The summed E-state index contributed by atoms with van der Waals surface area (Å²) in [6.07, 6.45) is 2.53. The van der Waals surface area contributed by atoms with Gasteiger partial charge in [-0.05, 0) is 32.2 Å². The third kappa shape index (κ3) is 5.17. The van der Waals surface area contributed by atoms with E-state index in [1.807, 2.05) is 0 Å². The van der Waals surface area contributed by atoms with Crippen LogP contribution < -0.4 is 4.72 Å². The lowest BCUT2D eigenvalue weighted by atomic mass is 9.91. The molecule has 0 bridgehead atoms. The summed E-state index contributed by atoms with van der Waals surface area (Å²) in [5, 5.41) is 0. The second kappa shape index (κ2) is 7.61. The van der Waals surface area contributed by atoms with Gasteiger partial charge in [0.25, 0.3) is 0 Å². The van der Waals surface area contributed by atoms with E-state index in [-0.39, 0.29) is 11.3 Å². The van der Waals surface area contributed by atoms with E-state index in [2.05, 4.69) is 18.6 Å². The van der Waals surface area contributed by atoms with Crippen LogP contribution in [0.5, 0.6) is 0 Å². The maximum atomic E-state index is 12.5. The maximum Gasteiger partial charge on any atom is 0.238 e. The van der Waals surface area contributed by atoms with E-state index in [1.54, 1.807) is 19.0 Å². The molecule has 0 heterocycles. The number of hydrogen-bond donors (Lipinski definition) is 1. The number of sulfonamides is 1. The first-order valence-corrected chi connectivity index (χ1v) is 9.61. The van der Waals surface area contributed by atoms with Crippen molar-refractivity contribution in [3.63, 3.8) is 0 Å². The van der Waals surface area contributed by atoms with Gasteiger partial charge < -0.3 is 9.80 Å². The van der Waals surface area contributed by atoms with Crippen LogP contribution in [0.2, 0.25) is 0 Å². The molecule has 0 saturated heterocycles. The molecular formula is C15H29N3O4S. The van der Waals surface area contributed by atoms with E-state index in [9.17, 15) is 18.0 Å². The highest BCUT2D eigenvalue weighted by Gasteiger charge is 2.53. The number of carbonyl (C=O) groups excluding carboxylic acids is 2. The summed E-state index contributed by atoms with van der Waals surface area (Å²) in [6, 6.07) is 0. The van der Waals surface area contributed by atoms with Gasteiger partial charge in [0.2, 0.25) is 21.8 Å². The van der Waals surface area contributed by atoms with Crippen molar-refractivity contribution in [3.8, 4) is 0 Å². The fourth-order valence-electron chi connectivity index (χ4n) is 2.67. The molecule has 0 aliphatic heterocycles. The predicted octanol–water partition coefficient (Wildman–Crippen LogP) is 0.279. The Kier molecular flexibility index (Phi) is 6.59. The van der Waals surface area contributed by atoms with Gasteiger partial charge in [0.05, 0.1) is 5.41 Å². The van der Waals surface area contributed by atoms with Crippen molar-refractivity contribution < 1.29 is 18.0 Å². The van der Waals surface area contributed by atoms with Crippen LogP contribution in [0.4, 0.5) is 0 Å². The minimum Gasteiger partial charge on any atom is -0.345 e. The van der Waals surface area contributed by atoms with E-state index in [1.165, 1.54) is 11.9 Å². The Morgan fingerprint density at radius 3 is 2.09 bits per heavy atom. The van der Waals surface area contributed by atoms with Gasteiger partial charge in [0, 0.05) is 27.2 Å². The third-order valence-corrected chi connectivity index (χ3v) is 5.95. The molecule has 1 aliphatic rings. The zero-order valence-electron chi connectivity index (χ0n) is 14.8. The summed E-state index contributed by atoms with van der Waals surface area (Å²) in [4.78, 5) is 27.4. The highest BCUT2D eigenvalue weighted by Crippen LogP contribution is 2.53. The highest BCUT2D eigenvalue weighted by atomic mass is 32.2. The molecule has 0 aromatic carbocycles. The first kappa shape index (κ1) is 19.9. The average molecular weight is 347 g/mol. The van der Waals surface area contributed by atoms with Crippen molar-refractivity contribution in [3.05, 3.63) is 0 Å². The predicted molar refractivity (Wildman–Crippen MR) is 89.2 cm³/mol. The van der Waals surface area contributed by atoms with Crippen LogP contribution in [0.1, 0.15) is 33.1 Å². The topological polar surface area (TPSA) is 86.8 Å². The Labute approximate surface area is 139 Å². The number of carbonyl (C=O) groups is 2. The Hall–Kier alpha value is -1.15. The van der Waals surface area contributed by atoms with E-state index in [0.29, 0.717) is 25.4 Å². The Morgan fingerprint density at radius 1 is 1.13 bits per heavy atom. The van der Waals surface area contributed by atoms with Crippen LogP contribution in [0.3, 0.4) is 0 Å². The van der Waals surface area contributed by atoms with E-state index < -0.39 is 21.7 Å². The summed E-state index contributed by atoms with van der Waals surface area (Å²) in [6.45, 7) is 5.13. The fourth-order valence-corrected chi connectivity index (χ4v) is 3.36. The molecule has 0 aromatic rings. The number of hydrogen-bond acceptors (Lipinski definition) is 4. The quantitative estimate of drug-likeness (QED) is 0.649. The third-order valence-electron chi connectivity index (χ3n) is 4.70. The van der Waals surface area contributed by atoms with E-state index in [0.717, 1.165) is 12.8 Å². The van der Waals surface area contributed by atoms with Gasteiger partial charge in [-0.15, -0.1) is 0 Å². The normalized spacial score (nSPS) is 16.3. The molecule has 8 heteroatoms. The van der Waals surface area contributed by atoms with Crippen molar-refractivity contribution in [2.45, 2.75) is 33.1 Å². The summed E-state index contributed by atoms with van der Waals surface area (Å²) in [5.74, 6) is -0.479. The molecule has 1 rings (SSSR count). The SMILES string of the molecule is CNS(=O)(=O)CC(=O)N(C)CCCN(C)C(=O)C1(C(C)C)CC1. The average Bonchev–Trinajstić information content (AvgIpc) is 3.27. The first-order valence-electron chi connectivity index (χ1n) is 7.96. The van der Waals surface area contributed by atoms with Gasteiger partial charge in [-0.25, -0.2) is 13.1 Å². The molecule has 0 unspecified atom stereocenters. The molecule has 1 N–H and O–H groups in total. The molecule has 7 nitrogen and oxygen atoms in total. The van der Waals surface area contributed by atoms with Gasteiger partial charge in [-0.3, -0.25) is 9.59 Å². The lowest BCUT2D eigenvalue weighted by Crippen LogP contribution is -2.40. The summed E-state index contributed by atoms with van der Waals surface area (Å²) in [5.41, 5.74) is -0.183. The highest BCUT2D eigenvalue weighted by molar-refractivity contribution is 7.90. The lowest BCUT2D eigenvalue weighted by molar-refractivity contribution is -0.137. The summed E-state index contributed by atoms with van der Waals surface area (Å²) >= 11 is 0. The van der Waals surface area contributed by atoms with Gasteiger partial charge in [0.15, 0.2) is 0 Å². The number of rotatable bonds is 9. The number of nitrogens with one attached hydrogen (secondary N) is 1. The molecule has 1 fully saturated rings. The van der Waals surface area contributed by atoms with E-state index in [4.69, 9.17) is 0 Å². The Morgan fingerprint density at radius 2 is 1.65 bits per heavy atom. The second-order valence-electron chi connectivity index (χ2n) is 6.67. The fraction of sp³-hybridized carbons (Fsp3) is 0.867. The smallest absolute Gasteiger partial charge is 0.238 e. The van der Waals surface area contributed by atoms with Gasteiger partial charge >= 0.3 is 0 Å². The van der Waals surface area contributed by atoms with Crippen molar-refractivity contribution in [1.82, 2.24) is 14.5 Å². The van der Waals surface area contributed by atoms with Gasteiger partial charge in [0.1, 0.15) is 5.75 Å². The van der Waals surface area contributed by atoms with Crippen molar-refractivity contribution in [2.75, 3.05) is 40.0 Å². The molecule has 0 spiro atoms. The molecule has 0 aromatic heterocycles. The molecule has 1 saturated carbocycles. The van der Waals surface area contributed by atoms with Crippen LogP contribution >= 0.6 is 0 Å². The van der Waals surface area contributed by atoms with Crippen molar-refractivity contribution in [2.24, 2.45) is 11.3 Å². The van der Waals surface area contributed by atoms with Crippen molar-refractivity contribution in [1.29, 1.82) is 0 Å². The minimum absolute atomic E-state index is 0.180. The first-order chi connectivity index (χ1) is 10.6. The van der Waals surface area contributed by atoms with Gasteiger partial charge in [-0.1, -0.05) is 13.8 Å². The minimum atomic E-state index is -3.54. The standard InChI is InChI=1S/C15H29N3O4S/c1-12(2)15(7-8-15)14(20)18(5)10-6-9-17(4)13(19)11-23(21,22)16-3/h12,16H,6-11H2,1-5H3. The zero-order valence-corrected chi connectivity index (χ0v) is 15.6. The Bertz CT molecular complexity index is 541. The maximum absolute atomic E-state index is 12.5. The van der Waals surface area contributed by atoms with Gasteiger partial charge in [-0.2, -0.15) is 0 Å². The Balaban J connectivity index is 2.39. The molecule has 0 radical (unpaired) electrons. The van der Waals surface area contributed by atoms with E-state index >= 15 is 0 Å². The van der Waals surface area contributed by atoms with Crippen molar-refractivity contribution >= 4 is 21.8 Å².